The number of rotatable bonds is 0. The Hall–Kier alpha value is -0.171. The molecule has 0 amide bonds. The summed E-state index contributed by atoms with van der Waals surface area (Å²) < 4.78 is 0.766. The van der Waals surface area contributed by atoms with Crippen LogP contribution in [0.5, 0.6) is 0 Å². The fraction of sp³-hybridized carbons (Fsp3) is 0.750. The maximum atomic E-state index is 3.61. The number of aromatic nitrogens is 4. The van der Waals surface area contributed by atoms with E-state index in [1.54, 1.807) is 0 Å². The second-order valence-corrected chi connectivity index (χ2v) is 3.35. The molecular weight excluding hydrogens is 237 g/mol. The predicted octanol–water partition coefficient (Wildman–Crippen LogP) is -1.83. The molecule has 0 saturated heterocycles. The number of H-pyrrole nitrogens is 1. The number of hydrogen-bond donors (Lipinski definition) is 1. The normalized spacial score (nSPS) is 8.90. The second kappa shape index (κ2) is 5.60. The van der Waals surface area contributed by atoms with Crippen LogP contribution in [-0.2, 0) is 0 Å². The SMILES string of the molecule is CN(C)C.[Sn][c]1nn[nH]n1. The van der Waals surface area contributed by atoms with E-state index in [9.17, 15) is 0 Å². The Bertz CT molecular complexity index is 146. The van der Waals surface area contributed by atoms with Gasteiger partial charge in [0, 0.05) is 0 Å². The molecule has 1 N–H and O–H groups in total. The first-order valence-corrected chi connectivity index (χ1v) is 4.11. The van der Waals surface area contributed by atoms with Gasteiger partial charge in [0.15, 0.2) is 0 Å². The average Bonchev–Trinajstić information content (AvgIpc) is 2.15. The quantitative estimate of drug-likeness (QED) is 0.548. The molecule has 3 radical (unpaired) electrons. The molecule has 10 heavy (non-hydrogen) atoms. The molecule has 0 aliphatic carbocycles. The number of nitrogens with one attached hydrogen (secondary N) is 1. The summed E-state index contributed by atoms with van der Waals surface area (Å²) in [4.78, 5) is 2.00. The third-order valence-corrected chi connectivity index (χ3v) is 0.950. The Labute approximate surface area is 73.3 Å². The Kier molecular flexibility index (Phi) is 5.51. The molecule has 0 spiro atoms. The predicted molar refractivity (Wildman–Crippen MR) is 39.2 cm³/mol. The third-order valence-electron chi connectivity index (χ3n) is 0.345. The fourth-order valence-electron chi connectivity index (χ4n) is 0.162. The van der Waals surface area contributed by atoms with E-state index in [2.05, 4.69) is 20.6 Å². The van der Waals surface area contributed by atoms with Crippen molar-refractivity contribution in [3.8, 4) is 0 Å². The van der Waals surface area contributed by atoms with Crippen molar-refractivity contribution in [3.63, 3.8) is 0 Å². The van der Waals surface area contributed by atoms with Crippen LogP contribution >= 0.6 is 0 Å². The first-order chi connectivity index (χ1) is 4.63. The maximum absolute atomic E-state index is 3.61. The fourth-order valence-corrected chi connectivity index (χ4v) is 0.447. The topological polar surface area (TPSA) is 57.7 Å². The van der Waals surface area contributed by atoms with Crippen molar-refractivity contribution in [3.05, 3.63) is 0 Å². The summed E-state index contributed by atoms with van der Waals surface area (Å²) in [5, 5.41) is 12.8. The molecule has 0 bridgehead atoms. The minimum atomic E-state index is 0.766. The van der Waals surface area contributed by atoms with Crippen LogP contribution in [0.25, 0.3) is 0 Å². The number of nitrogens with zero attached hydrogens (tertiary/aromatic N) is 4. The summed E-state index contributed by atoms with van der Waals surface area (Å²) in [5.41, 5.74) is 0. The molecule has 55 valence electrons. The number of aromatic amines is 1. The summed E-state index contributed by atoms with van der Waals surface area (Å²) in [6.45, 7) is 0. The number of tetrazole rings is 1. The Morgan fingerprint density at radius 1 is 1.40 bits per heavy atom. The van der Waals surface area contributed by atoms with Crippen molar-refractivity contribution >= 4 is 26.4 Å². The van der Waals surface area contributed by atoms with Gasteiger partial charge in [-0.15, -0.1) is 0 Å². The Balaban J connectivity index is 0.000000180. The molecule has 0 aliphatic heterocycles. The van der Waals surface area contributed by atoms with E-state index >= 15 is 0 Å². The molecule has 0 aromatic carbocycles. The van der Waals surface area contributed by atoms with E-state index in [0.717, 1.165) is 3.84 Å². The minimum absolute atomic E-state index is 0.766. The van der Waals surface area contributed by atoms with Crippen LogP contribution in [-0.4, -0.2) is 69.2 Å². The van der Waals surface area contributed by atoms with Gasteiger partial charge in [-0.1, -0.05) is 0 Å². The zero-order valence-corrected chi connectivity index (χ0v) is 9.14. The molecule has 0 fully saturated rings. The van der Waals surface area contributed by atoms with E-state index in [1.165, 1.54) is 22.5 Å². The molecule has 6 heteroatoms. The van der Waals surface area contributed by atoms with Crippen LogP contribution in [0.4, 0.5) is 0 Å². The Morgan fingerprint density at radius 3 is 2.00 bits per heavy atom. The van der Waals surface area contributed by atoms with Gasteiger partial charge < -0.3 is 4.90 Å². The van der Waals surface area contributed by atoms with E-state index in [0.29, 0.717) is 0 Å². The van der Waals surface area contributed by atoms with Crippen LogP contribution in [0.15, 0.2) is 0 Å². The first-order valence-electron chi connectivity index (χ1n) is 2.69. The van der Waals surface area contributed by atoms with Gasteiger partial charge in [0.1, 0.15) is 0 Å². The molecule has 0 unspecified atom stereocenters. The van der Waals surface area contributed by atoms with Gasteiger partial charge in [-0.25, -0.2) is 0 Å². The molecule has 5 nitrogen and oxygen atoms in total. The monoisotopic (exact) mass is 248 g/mol. The van der Waals surface area contributed by atoms with Crippen molar-refractivity contribution < 1.29 is 0 Å². The zero-order valence-electron chi connectivity index (χ0n) is 6.29. The van der Waals surface area contributed by atoms with Gasteiger partial charge in [0.2, 0.25) is 0 Å². The first kappa shape index (κ1) is 9.83. The van der Waals surface area contributed by atoms with Crippen molar-refractivity contribution in [2.45, 2.75) is 0 Å². The van der Waals surface area contributed by atoms with Gasteiger partial charge in [0.05, 0.1) is 0 Å². The van der Waals surface area contributed by atoms with Gasteiger partial charge >= 0.3 is 47.0 Å². The molecule has 1 heterocycles. The molecule has 1 aromatic heterocycles. The van der Waals surface area contributed by atoms with Crippen LogP contribution in [0.2, 0.25) is 0 Å². The summed E-state index contributed by atoms with van der Waals surface area (Å²) in [5.74, 6) is 0. The van der Waals surface area contributed by atoms with Gasteiger partial charge in [-0.3, -0.25) is 0 Å². The average molecular weight is 247 g/mol. The van der Waals surface area contributed by atoms with Crippen molar-refractivity contribution in [2.24, 2.45) is 0 Å². The van der Waals surface area contributed by atoms with Crippen molar-refractivity contribution in [1.82, 2.24) is 25.5 Å². The number of hydrogen-bond acceptors (Lipinski definition) is 4. The Morgan fingerprint density at radius 2 is 1.90 bits per heavy atom. The van der Waals surface area contributed by atoms with Crippen molar-refractivity contribution in [1.29, 1.82) is 0 Å². The van der Waals surface area contributed by atoms with Crippen LogP contribution in [0.1, 0.15) is 0 Å². The molecule has 1 aromatic rings. The van der Waals surface area contributed by atoms with E-state index in [-0.39, 0.29) is 0 Å². The molecule has 0 saturated carbocycles. The van der Waals surface area contributed by atoms with Crippen LogP contribution in [0.3, 0.4) is 0 Å². The molecule has 0 aliphatic rings. The van der Waals surface area contributed by atoms with E-state index in [4.69, 9.17) is 0 Å². The summed E-state index contributed by atoms with van der Waals surface area (Å²) in [7, 11) is 6.00. The van der Waals surface area contributed by atoms with E-state index in [1.807, 2.05) is 26.0 Å². The van der Waals surface area contributed by atoms with Gasteiger partial charge in [0.25, 0.3) is 0 Å². The molecule has 0 atom stereocenters. The van der Waals surface area contributed by atoms with Crippen molar-refractivity contribution in [2.75, 3.05) is 21.1 Å². The second-order valence-electron chi connectivity index (χ2n) is 2.08. The van der Waals surface area contributed by atoms with Gasteiger partial charge in [-0.05, 0) is 21.1 Å². The summed E-state index contributed by atoms with van der Waals surface area (Å²) in [6.07, 6.45) is 0. The molecular formula is C4H10N5Sn. The standard InChI is InChI=1S/C3H9N.CHN4.Sn/c1-4(2)3;1-2-4-5-3-1;/h1-3H3;(H,2,3,4,5);. The summed E-state index contributed by atoms with van der Waals surface area (Å²) in [6, 6.07) is 0. The van der Waals surface area contributed by atoms with Crippen LogP contribution in [0, 0.1) is 0 Å². The van der Waals surface area contributed by atoms with Gasteiger partial charge in [-0.2, -0.15) is 0 Å². The summed E-state index contributed by atoms with van der Waals surface area (Å²) >= 11 is 1.19. The zero-order chi connectivity index (χ0) is 7.98. The third kappa shape index (κ3) is 7.83. The van der Waals surface area contributed by atoms with Crippen LogP contribution < -0.4 is 3.84 Å². The van der Waals surface area contributed by atoms with E-state index < -0.39 is 0 Å². The molecule has 1 rings (SSSR count).